The molecule has 1 aromatic rings. The molecular formula is C18H23N3O4. The number of hydrogen-bond donors (Lipinski definition) is 2. The minimum Gasteiger partial charge on any atom is -0.480 e. The van der Waals surface area contributed by atoms with E-state index in [1.54, 1.807) is 6.92 Å². The molecule has 0 saturated carbocycles. The summed E-state index contributed by atoms with van der Waals surface area (Å²) in [4.78, 5) is 36.1. The molecule has 134 valence electrons. The van der Waals surface area contributed by atoms with E-state index in [1.807, 2.05) is 32.0 Å². The molecule has 1 heterocycles. The van der Waals surface area contributed by atoms with Gasteiger partial charge in [-0.15, -0.1) is 0 Å². The van der Waals surface area contributed by atoms with Crippen LogP contribution in [0.1, 0.15) is 44.2 Å². The van der Waals surface area contributed by atoms with E-state index in [0.29, 0.717) is 5.69 Å². The lowest BCUT2D eigenvalue weighted by atomic mass is 9.98. The highest BCUT2D eigenvalue weighted by molar-refractivity contribution is 6.40. The topological polar surface area (TPSA) is 99.1 Å². The Labute approximate surface area is 146 Å². The lowest BCUT2D eigenvalue weighted by Crippen LogP contribution is -2.54. The van der Waals surface area contributed by atoms with Gasteiger partial charge in [-0.25, -0.2) is 9.80 Å². The Hall–Kier alpha value is -2.70. The van der Waals surface area contributed by atoms with Gasteiger partial charge < -0.3 is 10.4 Å². The smallest absolute Gasteiger partial charge is 0.329 e. The number of aliphatic carboxylic acids is 1. The summed E-state index contributed by atoms with van der Waals surface area (Å²) in [6.07, 6.45) is 0.571. The van der Waals surface area contributed by atoms with E-state index in [0.717, 1.165) is 11.1 Å². The normalized spacial score (nSPS) is 16.9. The summed E-state index contributed by atoms with van der Waals surface area (Å²) < 4.78 is 0. The molecule has 0 aromatic heterocycles. The van der Waals surface area contributed by atoms with Gasteiger partial charge in [-0.2, -0.15) is 5.10 Å². The first-order valence-corrected chi connectivity index (χ1v) is 8.21. The summed E-state index contributed by atoms with van der Waals surface area (Å²) in [6, 6.07) is 5.66. The van der Waals surface area contributed by atoms with Crippen molar-refractivity contribution in [3.8, 4) is 0 Å². The van der Waals surface area contributed by atoms with Crippen LogP contribution in [0, 0.1) is 13.8 Å². The Morgan fingerprint density at radius 1 is 1.32 bits per heavy atom. The monoisotopic (exact) mass is 345 g/mol. The predicted octanol–water partition coefficient (Wildman–Crippen LogP) is 2.16. The van der Waals surface area contributed by atoms with Crippen LogP contribution in [0.5, 0.6) is 0 Å². The Morgan fingerprint density at radius 2 is 2.00 bits per heavy atom. The first-order valence-electron chi connectivity index (χ1n) is 8.21. The number of hydrazone groups is 1. The summed E-state index contributed by atoms with van der Waals surface area (Å²) in [5, 5.41) is 17.3. The fourth-order valence-corrected chi connectivity index (χ4v) is 2.47. The van der Waals surface area contributed by atoms with Crippen LogP contribution in [0.15, 0.2) is 23.3 Å². The van der Waals surface area contributed by atoms with Gasteiger partial charge in [-0.05, 0) is 44.4 Å². The molecule has 0 radical (unpaired) electrons. The molecular weight excluding hydrogens is 322 g/mol. The summed E-state index contributed by atoms with van der Waals surface area (Å²) >= 11 is 0. The second kappa shape index (κ2) is 7.04. The minimum absolute atomic E-state index is 0.148. The maximum atomic E-state index is 12.5. The zero-order valence-corrected chi connectivity index (χ0v) is 14.9. The summed E-state index contributed by atoms with van der Waals surface area (Å²) in [5.74, 6) is -1.86. The van der Waals surface area contributed by atoms with E-state index in [-0.39, 0.29) is 30.9 Å². The fourth-order valence-electron chi connectivity index (χ4n) is 2.47. The number of aryl methyl sites for hydroxylation is 2. The molecule has 7 heteroatoms. The molecule has 0 fully saturated rings. The van der Waals surface area contributed by atoms with Gasteiger partial charge in [-0.3, -0.25) is 9.59 Å². The molecule has 0 aliphatic carbocycles. The Bertz CT molecular complexity index is 757. The number of carbonyl (C=O) groups is 3. The second-order valence-electron chi connectivity index (χ2n) is 6.49. The maximum Gasteiger partial charge on any atom is 0.329 e. The lowest BCUT2D eigenvalue weighted by molar-refractivity contribution is -0.146. The maximum absolute atomic E-state index is 12.5. The van der Waals surface area contributed by atoms with Crippen molar-refractivity contribution in [2.24, 2.45) is 5.10 Å². The van der Waals surface area contributed by atoms with Crippen LogP contribution in [0.3, 0.4) is 0 Å². The molecule has 0 spiro atoms. The average Bonchev–Trinajstić information content (AvgIpc) is 2.57. The van der Waals surface area contributed by atoms with Gasteiger partial charge in [-0.1, -0.05) is 19.1 Å². The van der Waals surface area contributed by atoms with Gasteiger partial charge in [0, 0.05) is 12.8 Å². The number of carboxylic acid groups (broad SMARTS) is 1. The number of nitrogens with one attached hydrogen (secondary N) is 1. The van der Waals surface area contributed by atoms with Crippen molar-refractivity contribution < 1.29 is 19.5 Å². The zero-order valence-electron chi connectivity index (χ0n) is 14.9. The lowest BCUT2D eigenvalue weighted by Gasteiger charge is -2.28. The number of rotatable bonds is 5. The molecule has 1 aliphatic rings. The Balaban J connectivity index is 2.33. The third-order valence-electron chi connectivity index (χ3n) is 4.46. The first-order chi connectivity index (χ1) is 11.7. The summed E-state index contributed by atoms with van der Waals surface area (Å²) in [5.41, 5.74) is 1.26. The van der Waals surface area contributed by atoms with Crippen molar-refractivity contribution in [3.63, 3.8) is 0 Å². The van der Waals surface area contributed by atoms with Crippen LogP contribution >= 0.6 is 0 Å². The predicted molar refractivity (Wildman–Crippen MR) is 94.5 cm³/mol. The third kappa shape index (κ3) is 3.87. The Morgan fingerprint density at radius 3 is 2.60 bits per heavy atom. The van der Waals surface area contributed by atoms with Gasteiger partial charge in [0.25, 0.3) is 5.91 Å². The van der Waals surface area contributed by atoms with Crippen LogP contribution in [-0.4, -0.2) is 34.1 Å². The molecule has 1 aliphatic heterocycles. The van der Waals surface area contributed by atoms with Crippen molar-refractivity contribution in [2.45, 2.75) is 52.5 Å². The number of nitrogens with zero attached hydrogens (tertiary/aromatic N) is 2. The zero-order chi connectivity index (χ0) is 18.8. The number of benzene rings is 1. The number of carboxylic acids is 1. The highest BCUT2D eigenvalue weighted by Gasteiger charge is 2.35. The van der Waals surface area contributed by atoms with Crippen LogP contribution in [0.4, 0.5) is 5.69 Å². The van der Waals surface area contributed by atoms with E-state index in [2.05, 4.69) is 10.4 Å². The Kier molecular flexibility index (Phi) is 5.25. The standard InChI is InChI=1S/C18H23N3O4/c1-5-18(4,17(24)25)19-16(23)13-8-9-15(22)21(20-13)14-10-11(2)6-7-12(14)3/h6-7,10H,5,8-9H2,1-4H3,(H,19,23)(H,24,25). The van der Waals surface area contributed by atoms with E-state index in [9.17, 15) is 19.5 Å². The van der Waals surface area contributed by atoms with E-state index < -0.39 is 17.4 Å². The van der Waals surface area contributed by atoms with Crippen molar-refractivity contribution in [3.05, 3.63) is 29.3 Å². The van der Waals surface area contributed by atoms with Crippen LogP contribution in [-0.2, 0) is 14.4 Å². The molecule has 1 aromatic carbocycles. The van der Waals surface area contributed by atoms with Crippen LogP contribution in [0.25, 0.3) is 0 Å². The van der Waals surface area contributed by atoms with E-state index in [4.69, 9.17) is 0 Å². The van der Waals surface area contributed by atoms with Crippen LogP contribution in [0.2, 0.25) is 0 Å². The molecule has 1 unspecified atom stereocenters. The molecule has 7 nitrogen and oxygen atoms in total. The summed E-state index contributed by atoms with van der Waals surface area (Å²) in [6.45, 7) is 6.91. The number of hydrogen-bond acceptors (Lipinski definition) is 4. The van der Waals surface area contributed by atoms with Gasteiger partial charge >= 0.3 is 5.97 Å². The van der Waals surface area contributed by atoms with Crippen molar-refractivity contribution in [1.29, 1.82) is 0 Å². The third-order valence-corrected chi connectivity index (χ3v) is 4.46. The average molecular weight is 345 g/mol. The van der Waals surface area contributed by atoms with E-state index >= 15 is 0 Å². The number of carbonyl (C=O) groups excluding carboxylic acids is 2. The van der Waals surface area contributed by atoms with Crippen molar-refractivity contribution >= 4 is 29.2 Å². The van der Waals surface area contributed by atoms with Gasteiger partial charge in [0.1, 0.15) is 11.3 Å². The molecule has 2 N–H and O–H groups in total. The van der Waals surface area contributed by atoms with E-state index in [1.165, 1.54) is 11.9 Å². The fraction of sp³-hybridized carbons (Fsp3) is 0.444. The van der Waals surface area contributed by atoms with Gasteiger partial charge in [0.2, 0.25) is 5.91 Å². The molecule has 2 rings (SSSR count). The largest absolute Gasteiger partial charge is 0.480 e. The summed E-state index contributed by atoms with van der Waals surface area (Å²) in [7, 11) is 0. The number of anilines is 1. The van der Waals surface area contributed by atoms with Crippen molar-refractivity contribution in [2.75, 3.05) is 5.01 Å². The van der Waals surface area contributed by atoms with Gasteiger partial charge in [0.15, 0.2) is 0 Å². The van der Waals surface area contributed by atoms with Crippen molar-refractivity contribution in [1.82, 2.24) is 5.32 Å². The highest BCUT2D eigenvalue weighted by Crippen LogP contribution is 2.25. The quantitative estimate of drug-likeness (QED) is 0.854. The molecule has 2 amide bonds. The first kappa shape index (κ1) is 18.6. The van der Waals surface area contributed by atoms with Gasteiger partial charge in [0.05, 0.1) is 5.69 Å². The van der Waals surface area contributed by atoms with Crippen LogP contribution < -0.4 is 10.3 Å². The molecule has 0 bridgehead atoms. The molecule has 1 atom stereocenters. The molecule has 0 saturated heterocycles. The SMILES string of the molecule is CCC(C)(NC(=O)C1=NN(c2cc(C)ccc2C)C(=O)CC1)C(=O)O. The second-order valence-corrected chi connectivity index (χ2v) is 6.49. The number of amides is 2. The minimum atomic E-state index is -1.37. The molecule has 25 heavy (non-hydrogen) atoms. The highest BCUT2D eigenvalue weighted by atomic mass is 16.4.